The topological polar surface area (TPSA) is 255 Å². The van der Waals surface area contributed by atoms with Crippen LogP contribution in [0.25, 0.3) is 34.2 Å². The number of aromatic nitrogens is 3. The number of fused-ring (bicyclic) bond motifs is 2. The van der Waals surface area contributed by atoms with Crippen LogP contribution in [-0.2, 0) is 0 Å². The van der Waals surface area contributed by atoms with Crippen LogP contribution >= 0.6 is 0 Å². The molecule has 3 aromatic carbocycles. The molecule has 0 saturated carbocycles. The van der Waals surface area contributed by atoms with Crippen molar-refractivity contribution in [1.82, 2.24) is 15.0 Å². The molecule has 2 aliphatic rings. The SMILES string of the molecule is N#CC(C#N)=C1N=c2ccc(-c3nc(-c4ccc(C#N)cc4)nc(-c4ccc5c(c4C#N)=NC(=C(C#N)C#N)N=5)n3)c(C#N)c2=N1. The van der Waals surface area contributed by atoms with Crippen molar-refractivity contribution < 1.29 is 0 Å². The Kier molecular flexibility index (Phi) is 6.81. The van der Waals surface area contributed by atoms with E-state index in [-0.39, 0.29) is 83.9 Å². The highest BCUT2D eigenvalue weighted by Gasteiger charge is 2.22. The lowest BCUT2D eigenvalue weighted by atomic mass is 10.0. The maximum Gasteiger partial charge on any atom is 0.182 e. The van der Waals surface area contributed by atoms with Gasteiger partial charge >= 0.3 is 0 Å². The van der Waals surface area contributed by atoms with Gasteiger partial charge in [-0.2, -0.15) is 36.8 Å². The van der Waals surface area contributed by atoms with E-state index in [1.165, 1.54) is 0 Å². The highest BCUT2D eigenvalue weighted by molar-refractivity contribution is 5.72. The summed E-state index contributed by atoms with van der Waals surface area (Å²) in [5, 5.41) is 67.6. The number of allylic oxidation sites excluding steroid dienone is 2. The molecule has 3 heterocycles. The van der Waals surface area contributed by atoms with Gasteiger partial charge in [-0.1, -0.05) is 0 Å². The van der Waals surface area contributed by atoms with Crippen molar-refractivity contribution in [3.05, 3.63) is 109 Å². The molecule has 206 valence electrons. The molecule has 0 fully saturated rings. The maximum atomic E-state index is 10.2. The van der Waals surface area contributed by atoms with Gasteiger partial charge in [-0.3, -0.25) is 0 Å². The van der Waals surface area contributed by atoms with Gasteiger partial charge in [0.05, 0.1) is 33.5 Å². The first-order valence-corrected chi connectivity index (χ1v) is 12.8. The predicted octanol–water partition coefficient (Wildman–Crippen LogP) is 1.51. The van der Waals surface area contributed by atoms with Crippen molar-refractivity contribution in [2.75, 3.05) is 0 Å². The van der Waals surface area contributed by atoms with Crippen LogP contribution in [0.3, 0.4) is 0 Å². The van der Waals surface area contributed by atoms with Crippen molar-refractivity contribution in [3.8, 4) is 76.6 Å². The third-order valence-electron chi connectivity index (χ3n) is 6.71. The van der Waals surface area contributed by atoms with Gasteiger partial charge in [0.2, 0.25) is 0 Å². The van der Waals surface area contributed by atoms with Gasteiger partial charge in [-0.15, -0.1) is 0 Å². The fraction of sp³-hybridized carbons (Fsp3) is 0. The number of nitrogens with zero attached hydrogens (tertiary/aromatic N) is 14. The summed E-state index contributed by atoms with van der Waals surface area (Å²) >= 11 is 0. The molecule has 0 bridgehead atoms. The number of nitriles is 7. The molecule has 1 aromatic heterocycles. The number of benzene rings is 3. The molecular weight excluding hydrogens is 580 g/mol. The molecule has 0 N–H and O–H groups in total. The Labute approximate surface area is 257 Å². The largest absolute Gasteiger partial charge is 0.225 e. The van der Waals surface area contributed by atoms with Gasteiger partial charge in [0.1, 0.15) is 47.1 Å². The summed E-state index contributed by atoms with van der Waals surface area (Å²) in [6.07, 6.45) is 0. The number of hydrogen-bond donors (Lipinski definition) is 0. The summed E-state index contributed by atoms with van der Waals surface area (Å²) in [6.45, 7) is 0. The van der Waals surface area contributed by atoms with Crippen LogP contribution in [0.1, 0.15) is 16.7 Å². The second-order valence-electron chi connectivity index (χ2n) is 9.22. The zero-order valence-corrected chi connectivity index (χ0v) is 22.9. The van der Waals surface area contributed by atoms with Crippen LogP contribution in [0, 0.1) is 79.3 Å². The third-order valence-corrected chi connectivity index (χ3v) is 6.71. The van der Waals surface area contributed by atoms with Crippen molar-refractivity contribution in [2.24, 2.45) is 20.0 Å². The first kappa shape index (κ1) is 27.9. The summed E-state index contributed by atoms with van der Waals surface area (Å²) in [6, 6.07) is 25.8. The van der Waals surface area contributed by atoms with Gasteiger partial charge in [-0.05, 0) is 48.5 Å². The van der Waals surface area contributed by atoms with Crippen LogP contribution in [0.5, 0.6) is 0 Å². The fourth-order valence-electron chi connectivity index (χ4n) is 4.57. The Balaban J connectivity index is 1.64. The normalized spacial score (nSPS) is 11.5. The van der Waals surface area contributed by atoms with Gasteiger partial charge in [0.15, 0.2) is 40.3 Å². The monoisotopic (exact) mass is 588 g/mol. The first-order chi connectivity index (χ1) is 22.5. The van der Waals surface area contributed by atoms with E-state index in [1.807, 2.05) is 6.07 Å². The summed E-state index contributed by atoms with van der Waals surface area (Å²) in [4.78, 5) is 30.8. The molecule has 4 aromatic rings. The molecule has 46 heavy (non-hydrogen) atoms. The average molecular weight is 589 g/mol. The maximum absolute atomic E-state index is 10.2. The van der Waals surface area contributed by atoms with Crippen molar-refractivity contribution in [3.63, 3.8) is 0 Å². The van der Waals surface area contributed by atoms with Gasteiger partial charge in [-0.25, -0.2) is 34.9 Å². The van der Waals surface area contributed by atoms with Crippen molar-refractivity contribution in [2.45, 2.75) is 0 Å². The molecule has 0 radical (unpaired) electrons. The van der Waals surface area contributed by atoms with Gasteiger partial charge < -0.3 is 0 Å². The lowest BCUT2D eigenvalue weighted by Gasteiger charge is -2.10. The van der Waals surface area contributed by atoms with E-state index >= 15 is 0 Å². The second kappa shape index (κ2) is 11.2. The average Bonchev–Trinajstić information content (AvgIpc) is 3.73. The molecule has 0 amide bonds. The second-order valence-corrected chi connectivity index (χ2v) is 9.22. The van der Waals surface area contributed by atoms with E-state index in [2.05, 4.69) is 47.1 Å². The number of hydrogen-bond acceptors (Lipinski definition) is 14. The van der Waals surface area contributed by atoms with E-state index in [1.54, 1.807) is 72.8 Å². The summed E-state index contributed by atoms with van der Waals surface area (Å²) < 4.78 is 0. The summed E-state index contributed by atoms with van der Waals surface area (Å²) in [5.74, 6) is -0.0488. The quantitative estimate of drug-likeness (QED) is 0.311. The highest BCUT2D eigenvalue weighted by Crippen LogP contribution is 2.27. The molecule has 0 atom stereocenters. The Morgan fingerprint density at radius 2 is 0.891 bits per heavy atom. The molecule has 14 nitrogen and oxygen atoms in total. The minimum Gasteiger partial charge on any atom is -0.225 e. The summed E-state index contributed by atoms with van der Waals surface area (Å²) in [5.41, 5.74) is 0.764. The van der Waals surface area contributed by atoms with E-state index < -0.39 is 0 Å². The fourth-order valence-corrected chi connectivity index (χ4v) is 4.57. The number of rotatable bonds is 3. The predicted molar refractivity (Wildman–Crippen MR) is 151 cm³/mol. The van der Waals surface area contributed by atoms with Gasteiger partial charge in [0.25, 0.3) is 0 Å². The molecular formula is C32H8N14. The van der Waals surface area contributed by atoms with E-state index in [9.17, 15) is 36.8 Å². The molecule has 2 aliphatic heterocycles. The first-order valence-electron chi connectivity index (χ1n) is 12.8. The molecule has 14 heteroatoms. The zero-order valence-electron chi connectivity index (χ0n) is 22.9. The lowest BCUT2D eigenvalue weighted by molar-refractivity contribution is 1.07. The molecule has 6 rings (SSSR count). The van der Waals surface area contributed by atoms with Crippen LogP contribution in [0.2, 0.25) is 0 Å². The van der Waals surface area contributed by atoms with E-state index in [0.717, 1.165) is 0 Å². The van der Waals surface area contributed by atoms with Crippen molar-refractivity contribution in [1.29, 1.82) is 36.8 Å². The van der Waals surface area contributed by atoms with Crippen LogP contribution < -0.4 is 21.4 Å². The van der Waals surface area contributed by atoms with Crippen LogP contribution in [-0.4, -0.2) is 15.0 Å². The van der Waals surface area contributed by atoms with Crippen LogP contribution in [0.15, 0.2) is 91.3 Å². The molecule has 0 aliphatic carbocycles. The molecule has 0 unspecified atom stereocenters. The van der Waals surface area contributed by atoms with Crippen LogP contribution in [0.4, 0.5) is 0 Å². The Morgan fingerprint density at radius 1 is 0.457 bits per heavy atom. The standard InChI is InChI=1S/C32H8N14/c33-9-16-1-3-17(4-2-16)28-44-31(20-5-7-24-26(22(20)14-38)42-29(40-24)18(10-34)11-35)46-32(45-28)21-6-8-25-27(23(21)15-39)43-30(41-25)19(12-36)13-37/h1-8H. The Hall–Kier alpha value is -8.22. The Bertz CT molecular complexity index is 2520. The van der Waals surface area contributed by atoms with E-state index in [0.29, 0.717) is 11.1 Å². The minimum absolute atomic E-state index is 0.0213. The molecule has 0 saturated heterocycles. The smallest absolute Gasteiger partial charge is 0.182 e. The lowest BCUT2D eigenvalue weighted by Crippen LogP contribution is -2.26. The summed E-state index contributed by atoms with van der Waals surface area (Å²) in [7, 11) is 0. The van der Waals surface area contributed by atoms with Crippen molar-refractivity contribution >= 4 is 0 Å². The third kappa shape index (κ3) is 4.53. The highest BCUT2D eigenvalue weighted by atomic mass is 15.0. The molecule has 0 spiro atoms. The Morgan fingerprint density at radius 3 is 1.28 bits per heavy atom. The minimum atomic E-state index is -0.320. The van der Waals surface area contributed by atoms with E-state index in [4.69, 9.17) is 0 Å². The van der Waals surface area contributed by atoms with Gasteiger partial charge in [0, 0.05) is 16.7 Å². The zero-order chi connectivity index (χ0) is 32.4.